The van der Waals surface area contributed by atoms with Gasteiger partial charge in [-0.25, -0.2) is 0 Å². The van der Waals surface area contributed by atoms with E-state index in [4.69, 9.17) is 10.5 Å². The quantitative estimate of drug-likeness (QED) is 0.712. The number of carbonyl (C=O) groups is 1. The maximum atomic E-state index is 11.4. The van der Waals surface area contributed by atoms with E-state index in [1.54, 1.807) is 25.1 Å². The number of phenols is 1. The number of carbonyl (C=O) groups excluding carboxylic acids is 1. The van der Waals surface area contributed by atoms with Crippen LogP contribution in [0.4, 0.5) is 0 Å². The van der Waals surface area contributed by atoms with Crippen molar-refractivity contribution in [2.24, 2.45) is 5.73 Å². The minimum atomic E-state index is -0.674. The highest BCUT2D eigenvalue weighted by molar-refractivity contribution is 5.82. The van der Waals surface area contributed by atoms with Crippen LogP contribution in [0.2, 0.25) is 0 Å². The first-order valence-electron chi connectivity index (χ1n) is 5.83. The number of aromatic amines is 1. The summed E-state index contributed by atoms with van der Waals surface area (Å²) >= 11 is 0. The summed E-state index contributed by atoms with van der Waals surface area (Å²) in [5.41, 5.74) is 7.49. The molecule has 0 unspecified atom stereocenters. The zero-order valence-electron chi connectivity index (χ0n) is 10.1. The fourth-order valence-corrected chi connectivity index (χ4v) is 1.86. The van der Waals surface area contributed by atoms with Crippen LogP contribution < -0.4 is 5.73 Å². The fraction of sp³-hybridized carbons (Fsp3) is 0.308. The van der Waals surface area contributed by atoms with Crippen LogP contribution >= 0.6 is 0 Å². The molecular formula is C13H16N2O3. The summed E-state index contributed by atoms with van der Waals surface area (Å²) < 4.78 is 4.85. The van der Waals surface area contributed by atoms with Gasteiger partial charge in [-0.15, -0.1) is 0 Å². The van der Waals surface area contributed by atoms with Gasteiger partial charge in [-0.2, -0.15) is 0 Å². The Morgan fingerprint density at radius 2 is 2.28 bits per heavy atom. The number of hydrogen-bond donors (Lipinski definition) is 3. The molecule has 0 fully saturated rings. The number of aromatic nitrogens is 1. The summed E-state index contributed by atoms with van der Waals surface area (Å²) in [6.45, 7) is 2.07. The largest absolute Gasteiger partial charge is 0.508 e. The molecule has 0 saturated heterocycles. The first-order valence-corrected chi connectivity index (χ1v) is 5.83. The molecule has 1 aromatic heterocycles. The van der Waals surface area contributed by atoms with Gasteiger partial charge in [0.25, 0.3) is 0 Å². The number of fused-ring (bicyclic) bond motifs is 1. The lowest BCUT2D eigenvalue weighted by Crippen LogP contribution is -2.34. The normalized spacial score (nSPS) is 12.6. The van der Waals surface area contributed by atoms with Gasteiger partial charge < -0.3 is 20.6 Å². The molecule has 0 bridgehead atoms. The molecule has 2 aromatic rings. The van der Waals surface area contributed by atoms with Gasteiger partial charge in [0.1, 0.15) is 11.8 Å². The Morgan fingerprint density at radius 1 is 1.50 bits per heavy atom. The molecule has 96 valence electrons. The zero-order valence-corrected chi connectivity index (χ0v) is 10.1. The molecule has 5 nitrogen and oxygen atoms in total. The highest BCUT2D eigenvalue weighted by Gasteiger charge is 2.16. The van der Waals surface area contributed by atoms with E-state index in [1.807, 2.05) is 6.07 Å². The molecule has 0 aliphatic carbocycles. The second-order valence-electron chi connectivity index (χ2n) is 4.13. The van der Waals surface area contributed by atoms with Gasteiger partial charge in [0.2, 0.25) is 0 Å². The van der Waals surface area contributed by atoms with Gasteiger partial charge in [-0.1, -0.05) is 0 Å². The summed E-state index contributed by atoms with van der Waals surface area (Å²) in [5.74, 6) is -0.193. The van der Waals surface area contributed by atoms with Crippen LogP contribution in [0.1, 0.15) is 12.6 Å². The van der Waals surface area contributed by atoms with Crippen LogP contribution in [0.25, 0.3) is 10.9 Å². The molecule has 0 aliphatic rings. The molecule has 1 atom stereocenters. The molecule has 4 N–H and O–H groups in total. The van der Waals surface area contributed by atoms with Crippen molar-refractivity contribution in [1.82, 2.24) is 4.98 Å². The number of nitrogens with two attached hydrogens (primary N) is 1. The predicted molar refractivity (Wildman–Crippen MR) is 68.3 cm³/mol. The molecule has 0 spiro atoms. The molecule has 0 saturated carbocycles. The maximum Gasteiger partial charge on any atom is 0.323 e. The Kier molecular flexibility index (Phi) is 3.53. The standard InChI is InChI=1S/C13H16N2O3/c1-2-18-13(17)11(14)7-9-5-8-6-10(16)3-4-12(8)15-9/h3-6,11,15-16H,2,7,14H2,1H3/t11-/m0/s1. The summed E-state index contributed by atoms with van der Waals surface area (Å²) in [7, 11) is 0. The van der Waals surface area contributed by atoms with Gasteiger partial charge in [-0.05, 0) is 31.2 Å². The van der Waals surface area contributed by atoms with Gasteiger partial charge >= 0.3 is 5.97 Å². The molecule has 1 aromatic carbocycles. The summed E-state index contributed by atoms with van der Waals surface area (Å²) in [6, 6.07) is 6.24. The Balaban J connectivity index is 2.14. The van der Waals surface area contributed by atoms with Crippen LogP contribution in [0.3, 0.4) is 0 Å². The van der Waals surface area contributed by atoms with Crippen molar-refractivity contribution in [2.45, 2.75) is 19.4 Å². The number of benzene rings is 1. The molecule has 2 rings (SSSR count). The Morgan fingerprint density at radius 3 is 3.00 bits per heavy atom. The van der Waals surface area contributed by atoms with E-state index in [0.29, 0.717) is 13.0 Å². The Hall–Kier alpha value is -2.01. The van der Waals surface area contributed by atoms with Crippen LogP contribution in [0.15, 0.2) is 24.3 Å². The second kappa shape index (κ2) is 5.10. The Labute approximate surface area is 105 Å². The topological polar surface area (TPSA) is 88.3 Å². The molecule has 0 aliphatic heterocycles. The van der Waals surface area contributed by atoms with Crippen molar-refractivity contribution in [2.75, 3.05) is 6.61 Å². The number of aromatic hydroxyl groups is 1. The summed E-state index contributed by atoms with van der Waals surface area (Å²) in [6.07, 6.45) is 0.383. The lowest BCUT2D eigenvalue weighted by molar-refractivity contribution is -0.144. The summed E-state index contributed by atoms with van der Waals surface area (Å²) in [4.78, 5) is 14.6. The van der Waals surface area contributed by atoms with Crippen molar-refractivity contribution in [3.05, 3.63) is 30.0 Å². The van der Waals surface area contributed by atoms with Gasteiger partial charge in [0, 0.05) is 23.0 Å². The third-order valence-electron chi connectivity index (χ3n) is 2.69. The van der Waals surface area contributed by atoms with Crippen molar-refractivity contribution in [3.8, 4) is 5.75 Å². The van der Waals surface area contributed by atoms with Crippen LogP contribution in [-0.2, 0) is 16.0 Å². The van der Waals surface area contributed by atoms with E-state index >= 15 is 0 Å². The predicted octanol–water partition coefficient (Wildman–Crippen LogP) is 1.31. The summed E-state index contributed by atoms with van der Waals surface area (Å²) in [5, 5.41) is 10.3. The smallest absolute Gasteiger partial charge is 0.323 e. The van der Waals surface area contributed by atoms with E-state index in [-0.39, 0.29) is 5.75 Å². The van der Waals surface area contributed by atoms with Crippen molar-refractivity contribution < 1.29 is 14.6 Å². The molecule has 1 heterocycles. The Bertz CT molecular complexity index is 562. The molecular weight excluding hydrogens is 232 g/mol. The van der Waals surface area contributed by atoms with E-state index in [0.717, 1.165) is 16.6 Å². The van der Waals surface area contributed by atoms with Gasteiger partial charge in [0.05, 0.1) is 6.61 Å². The van der Waals surface area contributed by atoms with Crippen LogP contribution in [-0.4, -0.2) is 28.7 Å². The number of hydrogen-bond acceptors (Lipinski definition) is 4. The number of nitrogens with one attached hydrogen (secondary N) is 1. The number of phenolic OH excluding ortho intramolecular Hbond substituents is 1. The van der Waals surface area contributed by atoms with Crippen LogP contribution in [0, 0.1) is 0 Å². The molecule has 18 heavy (non-hydrogen) atoms. The molecule has 0 amide bonds. The number of ether oxygens (including phenoxy) is 1. The second-order valence-corrected chi connectivity index (χ2v) is 4.13. The van der Waals surface area contributed by atoms with Crippen molar-refractivity contribution in [1.29, 1.82) is 0 Å². The van der Waals surface area contributed by atoms with Gasteiger partial charge in [0.15, 0.2) is 0 Å². The fourth-order valence-electron chi connectivity index (χ4n) is 1.86. The average Bonchev–Trinajstić information content (AvgIpc) is 2.70. The van der Waals surface area contributed by atoms with Crippen molar-refractivity contribution in [3.63, 3.8) is 0 Å². The maximum absolute atomic E-state index is 11.4. The minimum Gasteiger partial charge on any atom is -0.508 e. The van der Waals surface area contributed by atoms with Crippen molar-refractivity contribution >= 4 is 16.9 Å². The van der Waals surface area contributed by atoms with E-state index in [2.05, 4.69) is 4.98 Å². The lowest BCUT2D eigenvalue weighted by Gasteiger charge is -2.08. The average molecular weight is 248 g/mol. The van der Waals surface area contributed by atoms with E-state index < -0.39 is 12.0 Å². The number of rotatable bonds is 4. The third-order valence-corrected chi connectivity index (χ3v) is 2.69. The minimum absolute atomic E-state index is 0.211. The number of H-pyrrole nitrogens is 1. The van der Waals surface area contributed by atoms with Crippen LogP contribution in [0.5, 0.6) is 5.75 Å². The first-order chi connectivity index (χ1) is 8.60. The first kappa shape index (κ1) is 12.4. The monoisotopic (exact) mass is 248 g/mol. The SMILES string of the molecule is CCOC(=O)[C@@H](N)Cc1cc2cc(O)ccc2[nH]1. The molecule has 5 heteroatoms. The van der Waals surface area contributed by atoms with E-state index in [9.17, 15) is 9.90 Å². The molecule has 0 radical (unpaired) electrons. The van der Waals surface area contributed by atoms with Gasteiger partial charge in [-0.3, -0.25) is 4.79 Å². The highest BCUT2D eigenvalue weighted by atomic mass is 16.5. The lowest BCUT2D eigenvalue weighted by atomic mass is 10.1. The zero-order chi connectivity index (χ0) is 13.1. The highest BCUT2D eigenvalue weighted by Crippen LogP contribution is 2.21. The number of esters is 1. The van der Waals surface area contributed by atoms with E-state index in [1.165, 1.54) is 0 Å². The third kappa shape index (κ3) is 2.62.